The molecule has 0 saturated heterocycles. The van der Waals surface area contributed by atoms with E-state index in [9.17, 15) is 18.3 Å². The Balaban J connectivity index is 2.24. The van der Waals surface area contributed by atoms with Crippen molar-refractivity contribution >= 4 is 21.7 Å². The fourth-order valence-electron chi connectivity index (χ4n) is 5.50. The molecule has 0 aliphatic carbocycles. The van der Waals surface area contributed by atoms with Gasteiger partial charge in [0.05, 0.1) is 29.8 Å². The number of aryl methyl sites for hydroxylation is 3. The predicted molar refractivity (Wildman–Crippen MR) is 151 cm³/mol. The molecule has 1 aliphatic rings. The summed E-state index contributed by atoms with van der Waals surface area (Å²) < 4.78 is 33.9. The van der Waals surface area contributed by atoms with Crippen LogP contribution in [0.3, 0.4) is 0 Å². The second-order valence-corrected chi connectivity index (χ2v) is 13.2. The number of sulfonamides is 1. The number of anilines is 1. The van der Waals surface area contributed by atoms with Crippen molar-refractivity contribution in [1.29, 1.82) is 0 Å². The third kappa shape index (κ3) is 4.95. The molecule has 1 atom stereocenters. The second kappa shape index (κ2) is 9.50. The number of benzene rings is 2. The Kier molecular flexibility index (Phi) is 6.95. The number of pyridine rings is 1. The molecule has 0 spiro atoms. The van der Waals surface area contributed by atoms with Gasteiger partial charge in [-0.3, -0.25) is 9.29 Å². The summed E-state index contributed by atoms with van der Waals surface area (Å²) in [5.74, 6) is -1.13. The van der Waals surface area contributed by atoms with Gasteiger partial charge < -0.3 is 9.84 Å². The van der Waals surface area contributed by atoms with Gasteiger partial charge in [0.25, 0.3) is 0 Å². The highest BCUT2D eigenvalue weighted by Gasteiger charge is 2.39. The topological polar surface area (TPSA) is 96.8 Å². The summed E-state index contributed by atoms with van der Waals surface area (Å²) in [5, 5.41) is 10.4. The summed E-state index contributed by atoms with van der Waals surface area (Å²) in [7, 11) is -3.72. The first-order valence-electron chi connectivity index (χ1n) is 12.6. The number of fused-ring (bicyclic) bond motifs is 3. The molecule has 0 unspecified atom stereocenters. The van der Waals surface area contributed by atoms with Crippen molar-refractivity contribution in [1.82, 2.24) is 4.98 Å². The lowest BCUT2D eigenvalue weighted by molar-refractivity contribution is -0.160. The average molecular weight is 537 g/mol. The first-order chi connectivity index (χ1) is 17.5. The van der Waals surface area contributed by atoms with Gasteiger partial charge in [0.1, 0.15) is 0 Å². The Bertz CT molecular complexity index is 1550. The van der Waals surface area contributed by atoms with Crippen molar-refractivity contribution in [2.75, 3.05) is 10.6 Å². The van der Waals surface area contributed by atoms with Crippen LogP contribution in [0.5, 0.6) is 0 Å². The Morgan fingerprint density at radius 3 is 2.13 bits per heavy atom. The van der Waals surface area contributed by atoms with E-state index in [4.69, 9.17) is 9.72 Å². The summed E-state index contributed by atoms with van der Waals surface area (Å²) in [5.41, 5.74) is 8.35. The molecule has 0 saturated carbocycles. The number of aliphatic carboxylic acids is 1. The van der Waals surface area contributed by atoms with E-state index >= 15 is 0 Å². The summed E-state index contributed by atoms with van der Waals surface area (Å²) in [6, 6.07) is 9.92. The molecule has 0 radical (unpaired) electrons. The molecule has 1 aromatic heterocycles. The minimum atomic E-state index is -3.72. The number of carbonyl (C=O) groups is 1. The molecule has 202 valence electrons. The maximum absolute atomic E-state index is 13.2. The molecular formula is C30H36N2O5S. The van der Waals surface area contributed by atoms with Crippen LogP contribution in [0.25, 0.3) is 22.3 Å². The zero-order chi connectivity index (χ0) is 28.3. The van der Waals surface area contributed by atoms with Crippen LogP contribution in [0.2, 0.25) is 0 Å². The first-order valence-corrected chi connectivity index (χ1v) is 14.5. The normalized spacial score (nSPS) is 14.2. The van der Waals surface area contributed by atoms with Crippen molar-refractivity contribution in [2.24, 2.45) is 0 Å². The number of hydrogen-bond acceptors (Lipinski definition) is 5. The Morgan fingerprint density at radius 1 is 1.00 bits per heavy atom. The number of carboxylic acid groups (broad SMARTS) is 1. The molecule has 2 heterocycles. The van der Waals surface area contributed by atoms with E-state index in [-0.39, 0.29) is 6.54 Å². The molecule has 38 heavy (non-hydrogen) atoms. The Morgan fingerprint density at radius 2 is 1.61 bits per heavy atom. The van der Waals surface area contributed by atoms with Crippen LogP contribution in [0.1, 0.15) is 66.1 Å². The van der Waals surface area contributed by atoms with Crippen LogP contribution in [0.15, 0.2) is 30.3 Å². The fraction of sp³-hybridized carbons (Fsp3) is 0.400. The molecular weight excluding hydrogens is 500 g/mol. The minimum Gasteiger partial charge on any atom is -0.479 e. The number of rotatable bonds is 5. The van der Waals surface area contributed by atoms with Gasteiger partial charge in [0.15, 0.2) is 6.10 Å². The van der Waals surface area contributed by atoms with Crippen LogP contribution < -0.4 is 4.31 Å². The standard InChI is InChI=1S/C30H36N2O5S/c1-16-10-12-21(13-11-16)24-19(4)25-23-17(2)14-18(3)31-22(23)15-32(38(9,35)36)27(25)20(5)26(24)28(29(33)34)37-30(6,7)8/h10-14,28H,15H2,1-9H3,(H,33,34)/t28-/m0/s1. The highest BCUT2D eigenvalue weighted by Crippen LogP contribution is 2.52. The molecule has 7 nitrogen and oxygen atoms in total. The molecule has 1 N–H and O–H groups in total. The second-order valence-electron chi connectivity index (χ2n) is 11.2. The molecule has 1 aliphatic heterocycles. The number of ether oxygens (including phenoxy) is 1. The SMILES string of the molecule is Cc1ccc(-c2c(C)c3c(c(C)c2[C@H](OC(C)(C)C)C(=O)O)N(S(C)(=O)=O)Cc2nc(C)cc(C)c2-3)cc1. The van der Waals surface area contributed by atoms with Gasteiger partial charge in [0.2, 0.25) is 10.0 Å². The van der Waals surface area contributed by atoms with Crippen LogP contribution in [-0.4, -0.2) is 36.3 Å². The lowest BCUT2D eigenvalue weighted by Crippen LogP contribution is -2.35. The third-order valence-electron chi connectivity index (χ3n) is 6.93. The van der Waals surface area contributed by atoms with E-state index in [1.807, 2.05) is 78.8 Å². The number of nitrogens with zero attached hydrogens (tertiary/aromatic N) is 2. The Labute approximate surface area is 225 Å². The zero-order valence-corrected chi connectivity index (χ0v) is 24.4. The summed E-state index contributed by atoms with van der Waals surface area (Å²) in [6.45, 7) is 15.1. The van der Waals surface area contributed by atoms with Gasteiger partial charge in [-0.05, 0) is 89.3 Å². The van der Waals surface area contributed by atoms with Crippen LogP contribution in [0.4, 0.5) is 5.69 Å². The van der Waals surface area contributed by atoms with Crippen LogP contribution in [0, 0.1) is 34.6 Å². The fourth-order valence-corrected chi connectivity index (χ4v) is 6.42. The summed E-state index contributed by atoms with van der Waals surface area (Å²) in [6.07, 6.45) is -0.136. The molecule has 0 fully saturated rings. The Hall–Kier alpha value is -3.23. The van der Waals surface area contributed by atoms with E-state index in [1.165, 1.54) is 10.6 Å². The smallest absolute Gasteiger partial charge is 0.337 e. The first kappa shape index (κ1) is 27.8. The molecule has 2 aromatic carbocycles. The molecule has 4 rings (SSSR count). The van der Waals surface area contributed by atoms with E-state index in [1.54, 1.807) is 6.92 Å². The molecule has 3 aromatic rings. The highest BCUT2D eigenvalue weighted by molar-refractivity contribution is 7.92. The average Bonchev–Trinajstić information content (AvgIpc) is 2.78. The quantitative estimate of drug-likeness (QED) is 0.418. The van der Waals surface area contributed by atoms with Gasteiger partial charge in [-0.2, -0.15) is 0 Å². The number of hydrogen-bond donors (Lipinski definition) is 1. The van der Waals surface area contributed by atoms with Crippen LogP contribution in [-0.2, 0) is 26.1 Å². The van der Waals surface area contributed by atoms with Gasteiger partial charge in [-0.1, -0.05) is 29.8 Å². The third-order valence-corrected chi connectivity index (χ3v) is 8.04. The van der Waals surface area contributed by atoms with Gasteiger partial charge in [-0.25, -0.2) is 13.2 Å². The van der Waals surface area contributed by atoms with E-state index in [2.05, 4.69) is 0 Å². The minimum absolute atomic E-state index is 0.0746. The molecule has 0 amide bonds. The van der Waals surface area contributed by atoms with Crippen molar-refractivity contribution in [3.63, 3.8) is 0 Å². The predicted octanol–water partition coefficient (Wildman–Crippen LogP) is 6.18. The van der Waals surface area contributed by atoms with Crippen molar-refractivity contribution < 1.29 is 23.1 Å². The number of carboxylic acids is 1. The van der Waals surface area contributed by atoms with Crippen molar-refractivity contribution in [3.05, 3.63) is 69.5 Å². The highest BCUT2D eigenvalue weighted by atomic mass is 32.2. The lowest BCUT2D eigenvalue weighted by Gasteiger charge is -2.37. The van der Waals surface area contributed by atoms with Gasteiger partial charge in [-0.15, -0.1) is 0 Å². The van der Waals surface area contributed by atoms with Crippen molar-refractivity contribution in [2.45, 2.75) is 73.6 Å². The van der Waals surface area contributed by atoms with E-state index in [0.29, 0.717) is 22.5 Å². The monoisotopic (exact) mass is 536 g/mol. The summed E-state index contributed by atoms with van der Waals surface area (Å²) >= 11 is 0. The van der Waals surface area contributed by atoms with Gasteiger partial charge >= 0.3 is 5.97 Å². The largest absolute Gasteiger partial charge is 0.479 e. The lowest BCUT2D eigenvalue weighted by atomic mass is 9.80. The van der Waals surface area contributed by atoms with Crippen LogP contribution >= 0.6 is 0 Å². The maximum atomic E-state index is 13.2. The van der Waals surface area contributed by atoms with E-state index < -0.39 is 27.7 Å². The number of aromatic nitrogens is 1. The molecule has 0 bridgehead atoms. The molecule has 8 heteroatoms. The zero-order valence-electron chi connectivity index (χ0n) is 23.6. The van der Waals surface area contributed by atoms with E-state index in [0.717, 1.165) is 44.6 Å². The summed E-state index contributed by atoms with van der Waals surface area (Å²) in [4.78, 5) is 17.5. The van der Waals surface area contributed by atoms with Crippen molar-refractivity contribution in [3.8, 4) is 22.3 Å². The maximum Gasteiger partial charge on any atom is 0.337 e. The van der Waals surface area contributed by atoms with Gasteiger partial charge in [0, 0.05) is 22.4 Å².